The lowest BCUT2D eigenvalue weighted by Crippen LogP contribution is -2.51. The Morgan fingerprint density at radius 2 is 2.25 bits per heavy atom. The predicted molar refractivity (Wildman–Crippen MR) is 73.7 cm³/mol. The van der Waals surface area contributed by atoms with Gasteiger partial charge in [-0.15, -0.1) is 0 Å². The Balaban J connectivity index is 1.58. The minimum Gasteiger partial charge on any atom is -0.465 e. The van der Waals surface area contributed by atoms with Crippen molar-refractivity contribution in [2.75, 3.05) is 0 Å². The number of hydrogen-bond donors (Lipinski definition) is 4. The largest absolute Gasteiger partial charge is 0.465 e. The third-order valence-electron chi connectivity index (χ3n) is 3.49. The van der Waals surface area contributed by atoms with E-state index in [0.29, 0.717) is 12.6 Å². The number of nitrogens with zero attached hydrogens (tertiary/aromatic N) is 2. The van der Waals surface area contributed by atoms with Gasteiger partial charge in [0.25, 0.3) is 0 Å². The molecule has 1 fully saturated rings. The highest BCUT2D eigenvalue weighted by Gasteiger charge is 2.29. The summed E-state index contributed by atoms with van der Waals surface area (Å²) in [6, 6.07) is 2.26. The number of aromatic amines is 1. The van der Waals surface area contributed by atoms with Crippen LogP contribution in [0.1, 0.15) is 18.5 Å². The number of amides is 1. The Labute approximate surface area is 119 Å². The van der Waals surface area contributed by atoms with Crippen LogP contribution < -0.4 is 10.6 Å². The molecule has 7 nitrogen and oxygen atoms in total. The Morgan fingerprint density at radius 3 is 3.00 bits per heavy atom. The molecule has 1 saturated carbocycles. The minimum atomic E-state index is -0.968. The zero-order valence-corrected chi connectivity index (χ0v) is 11.3. The van der Waals surface area contributed by atoms with Crippen LogP contribution in [0.5, 0.6) is 0 Å². The zero-order chi connectivity index (χ0) is 14.1. The number of H-pyrrole nitrogens is 1. The van der Waals surface area contributed by atoms with Crippen LogP contribution in [0.15, 0.2) is 12.3 Å². The first-order chi connectivity index (χ1) is 9.61. The lowest BCUT2D eigenvalue weighted by molar-refractivity contribution is 0.173. The van der Waals surface area contributed by atoms with E-state index in [9.17, 15) is 4.79 Å². The van der Waals surface area contributed by atoms with E-state index in [1.807, 2.05) is 6.07 Å². The SMILES string of the molecule is O=C(O)NC1CC(NCc2nc(Cl)nc3[nH]ccc23)C1. The van der Waals surface area contributed by atoms with Crippen LogP contribution >= 0.6 is 11.6 Å². The maximum absolute atomic E-state index is 10.5. The third kappa shape index (κ3) is 2.68. The quantitative estimate of drug-likeness (QED) is 0.640. The van der Waals surface area contributed by atoms with Crippen LogP contribution in [-0.2, 0) is 6.54 Å². The van der Waals surface area contributed by atoms with Gasteiger partial charge in [-0.2, -0.15) is 4.98 Å². The van der Waals surface area contributed by atoms with Crippen LogP contribution in [0.3, 0.4) is 0 Å². The van der Waals surface area contributed by atoms with Gasteiger partial charge in [0, 0.05) is 30.2 Å². The van der Waals surface area contributed by atoms with Crippen LogP contribution in [0.25, 0.3) is 11.0 Å². The summed E-state index contributed by atoms with van der Waals surface area (Å²) in [7, 11) is 0. The maximum atomic E-state index is 10.5. The molecule has 1 aliphatic carbocycles. The topological polar surface area (TPSA) is 103 Å². The summed E-state index contributed by atoms with van der Waals surface area (Å²) < 4.78 is 0. The van der Waals surface area contributed by atoms with E-state index in [2.05, 4.69) is 25.6 Å². The van der Waals surface area contributed by atoms with Crippen molar-refractivity contribution in [3.05, 3.63) is 23.2 Å². The Hall–Kier alpha value is -1.86. The highest BCUT2D eigenvalue weighted by molar-refractivity contribution is 6.28. The van der Waals surface area contributed by atoms with Crippen molar-refractivity contribution in [1.82, 2.24) is 25.6 Å². The van der Waals surface area contributed by atoms with Crippen molar-refractivity contribution < 1.29 is 9.90 Å². The smallest absolute Gasteiger partial charge is 0.404 e. The van der Waals surface area contributed by atoms with Crippen molar-refractivity contribution >= 4 is 28.7 Å². The van der Waals surface area contributed by atoms with E-state index >= 15 is 0 Å². The molecule has 0 radical (unpaired) electrons. The molecule has 0 aliphatic heterocycles. The molecule has 2 aromatic heterocycles. The Morgan fingerprint density at radius 1 is 1.45 bits per heavy atom. The van der Waals surface area contributed by atoms with Crippen molar-refractivity contribution in [1.29, 1.82) is 0 Å². The number of fused-ring (bicyclic) bond motifs is 1. The average Bonchev–Trinajstić information content (AvgIpc) is 2.78. The Kier molecular flexibility index (Phi) is 3.45. The van der Waals surface area contributed by atoms with Crippen molar-refractivity contribution in [2.45, 2.75) is 31.5 Å². The van der Waals surface area contributed by atoms with Crippen LogP contribution in [0.4, 0.5) is 4.79 Å². The van der Waals surface area contributed by atoms with Gasteiger partial charge in [-0.1, -0.05) is 0 Å². The Bertz CT molecular complexity index is 638. The van der Waals surface area contributed by atoms with Gasteiger partial charge >= 0.3 is 6.09 Å². The number of halogens is 1. The lowest BCUT2D eigenvalue weighted by atomic mass is 9.87. The fourth-order valence-electron chi connectivity index (χ4n) is 2.43. The van der Waals surface area contributed by atoms with Gasteiger partial charge in [0.2, 0.25) is 5.28 Å². The van der Waals surface area contributed by atoms with Gasteiger partial charge in [-0.3, -0.25) is 0 Å². The summed E-state index contributed by atoms with van der Waals surface area (Å²) in [6.45, 7) is 0.584. The molecule has 2 heterocycles. The van der Waals surface area contributed by atoms with E-state index in [1.165, 1.54) is 0 Å². The minimum absolute atomic E-state index is 0.0475. The first-order valence-corrected chi connectivity index (χ1v) is 6.72. The van der Waals surface area contributed by atoms with Crippen molar-refractivity contribution in [2.24, 2.45) is 0 Å². The molecule has 0 spiro atoms. The van der Waals surface area contributed by atoms with Crippen molar-refractivity contribution in [3.63, 3.8) is 0 Å². The molecule has 0 bridgehead atoms. The number of carbonyl (C=O) groups is 1. The fourth-order valence-corrected chi connectivity index (χ4v) is 2.61. The first-order valence-electron chi connectivity index (χ1n) is 6.34. The second kappa shape index (κ2) is 5.26. The molecule has 106 valence electrons. The first kappa shape index (κ1) is 13.1. The van der Waals surface area contributed by atoms with Gasteiger partial charge in [0.1, 0.15) is 5.65 Å². The van der Waals surface area contributed by atoms with Crippen LogP contribution in [-0.4, -0.2) is 38.2 Å². The number of nitrogens with one attached hydrogen (secondary N) is 3. The van der Waals surface area contributed by atoms with Gasteiger partial charge in [0.15, 0.2) is 0 Å². The highest BCUT2D eigenvalue weighted by atomic mass is 35.5. The zero-order valence-electron chi connectivity index (χ0n) is 10.6. The van der Waals surface area contributed by atoms with Gasteiger partial charge in [0.05, 0.1) is 5.69 Å². The summed E-state index contributed by atoms with van der Waals surface area (Å²) >= 11 is 5.88. The van der Waals surface area contributed by atoms with E-state index in [-0.39, 0.29) is 11.3 Å². The second-order valence-corrected chi connectivity index (χ2v) is 5.21. The normalized spacial score (nSPS) is 21.6. The molecular formula is C12H14ClN5O2. The van der Waals surface area contributed by atoms with Crippen molar-refractivity contribution in [3.8, 4) is 0 Å². The summed E-state index contributed by atoms with van der Waals surface area (Å²) in [5, 5.41) is 15.6. The molecule has 1 aliphatic rings. The van der Waals surface area contributed by atoms with E-state index in [0.717, 1.165) is 29.6 Å². The molecule has 0 saturated heterocycles. The van der Waals surface area contributed by atoms with Gasteiger partial charge < -0.3 is 20.7 Å². The number of rotatable bonds is 4. The second-order valence-electron chi connectivity index (χ2n) is 4.87. The molecule has 0 atom stereocenters. The average molecular weight is 296 g/mol. The van der Waals surface area contributed by atoms with Gasteiger partial charge in [-0.05, 0) is 30.5 Å². The fraction of sp³-hybridized carbons (Fsp3) is 0.417. The van der Waals surface area contributed by atoms with Gasteiger partial charge in [-0.25, -0.2) is 9.78 Å². The molecule has 0 aromatic carbocycles. The maximum Gasteiger partial charge on any atom is 0.404 e. The lowest BCUT2D eigenvalue weighted by Gasteiger charge is -2.35. The number of carboxylic acid groups (broad SMARTS) is 1. The molecule has 1 amide bonds. The van der Waals surface area contributed by atoms with E-state index in [1.54, 1.807) is 6.20 Å². The van der Waals surface area contributed by atoms with E-state index in [4.69, 9.17) is 16.7 Å². The summed E-state index contributed by atoms with van der Waals surface area (Å²) in [6.07, 6.45) is 2.42. The van der Waals surface area contributed by atoms with E-state index < -0.39 is 6.09 Å². The predicted octanol–water partition coefficient (Wildman–Crippen LogP) is 1.50. The molecular weight excluding hydrogens is 282 g/mol. The molecule has 4 N–H and O–H groups in total. The summed E-state index contributed by atoms with van der Waals surface area (Å²) in [4.78, 5) is 21.8. The number of hydrogen-bond acceptors (Lipinski definition) is 4. The van der Waals surface area contributed by atoms with Crippen LogP contribution in [0.2, 0.25) is 5.28 Å². The standard InChI is InChI=1S/C12H14ClN5O2/c13-11-17-9(8-1-2-14-10(8)18-11)5-15-6-3-7(4-6)16-12(19)20/h1-2,6-7,15-16H,3-5H2,(H,19,20)(H,14,17,18). The third-order valence-corrected chi connectivity index (χ3v) is 3.66. The monoisotopic (exact) mass is 295 g/mol. The molecule has 8 heteroatoms. The highest BCUT2D eigenvalue weighted by Crippen LogP contribution is 2.21. The number of aromatic nitrogens is 3. The van der Waals surface area contributed by atoms with Crippen LogP contribution in [0, 0.1) is 0 Å². The summed E-state index contributed by atoms with van der Waals surface area (Å²) in [5.74, 6) is 0. The molecule has 0 unspecified atom stereocenters. The molecule has 2 aromatic rings. The molecule has 3 rings (SSSR count). The summed E-state index contributed by atoms with van der Waals surface area (Å²) in [5.41, 5.74) is 1.57. The molecule has 20 heavy (non-hydrogen) atoms.